The van der Waals surface area contributed by atoms with Crippen molar-refractivity contribution in [3.63, 3.8) is 0 Å². The van der Waals surface area contributed by atoms with Crippen molar-refractivity contribution in [2.75, 3.05) is 0 Å². The van der Waals surface area contributed by atoms with Gasteiger partial charge in [0.25, 0.3) is 0 Å². The molecule has 6 heteroatoms. The van der Waals surface area contributed by atoms with Gasteiger partial charge in [-0.2, -0.15) is 15.6 Å². The van der Waals surface area contributed by atoms with Gasteiger partial charge in [-0.05, 0) is 19.1 Å². The monoisotopic (exact) mass is 288 g/mol. The van der Waals surface area contributed by atoms with Gasteiger partial charge in [0.05, 0.1) is 18.4 Å². The highest BCUT2D eigenvalue weighted by Crippen LogP contribution is 2.14. The maximum absolute atomic E-state index is 9.22. The second-order valence-corrected chi connectivity index (χ2v) is 4.79. The van der Waals surface area contributed by atoms with Gasteiger partial charge in [-0.15, -0.1) is 0 Å². The van der Waals surface area contributed by atoms with Crippen LogP contribution in [0.5, 0.6) is 0 Å². The van der Waals surface area contributed by atoms with E-state index in [9.17, 15) is 5.26 Å². The molecule has 106 valence electrons. The summed E-state index contributed by atoms with van der Waals surface area (Å²) in [5.74, 6) is 0.639. The minimum atomic E-state index is 0.162. The Labute approximate surface area is 127 Å². The molecule has 0 aliphatic carbocycles. The van der Waals surface area contributed by atoms with Gasteiger partial charge in [-0.1, -0.05) is 18.2 Å². The van der Waals surface area contributed by atoms with Gasteiger partial charge in [-0.25, -0.2) is 9.67 Å². The van der Waals surface area contributed by atoms with Gasteiger partial charge in [0.1, 0.15) is 18.0 Å². The molecule has 0 saturated carbocycles. The van der Waals surface area contributed by atoms with Gasteiger partial charge < -0.3 is 4.57 Å². The number of hydrogen-bond donors (Lipinski definition) is 0. The predicted octanol–water partition coefficient (Wildman–Crippen LogP) is 2.17. The molecule has 0 saturated heterocycles. The number of nitrogens with zero attached hydrogens (tertiary/aromatic N) is 6. The van der Waals surface area contributed by atoms with Crippen molar-refractivity contribution < 1.29 is 0 Å². The Bertz CT molecular complexity index is 889. The van der Waals surface area contributed by atoms with Crippen LogP contribution in [0, 0.1) is 29.6 Å². The van der Waals surface area contributed by atoms with Crippen molar-refractivity contribution in [3.8, 4) is 17.8 Å². The Hall–Kier alpha value is -3.38. The number of hydrogen-bond acceptors (Lipinski definition) is 4. The number of para-hydroxylation sites is 1. The van der Waals surface area contributed by atoms with E-state index in [-0.39, 0.29) is 11.4 Å². The Morgan fingerprint density at radius 3 is 2.59 bits per heavy atom. The van der Waals surface area contributed by atoms with E-state index in [0.29, 0.717) is 12.4 Å². The third-order valence-corrected chi connectivity index (χ3v) is 3.37. The molecule has 3 rings (SSSR count). The zero-order valence-electron chi connectivity index (χ0n) is 11.9. The zero-order chi connectivity index (χ0) is 15.5. The second kappa shape index (κ2) is 5.55. The standard InChI is InChI=1S/C16H12N6/c1-12-20-15(7-17)16(8-18)21(12)10-13-9-19-22(11-13)14-5-3-2-4-6-14/h2-6,9,11H,10H2,1H3. The Kier molecular flexibility index (Phi) is 3.43. The van der Waals surface area contributed by atoms with E-state index >= 15 is 0 Å². The molecule has 0 amide bonds. The van der Waals surface area contributed by atoms with E-state index < -0.39 is 0 Å². The fourth-order valence-corrected chi connectivity index (χ4v) is 2.30. The molecule has 0 aliphatic rings. The van der Waals surface area contributed by atoms with Crippen molar-refractivity contribution in [1.82, 2.24) is 19.3 Å². The molecule has 3 aromatic rings. The van der Waals surface area contributed by atoms with Crippen LogP contribution in [-0.2, 0) is 6.54 Å². The molecule has 0 unspecified atom stereocenters. The summed E-state index contributed by atoms with van der Waals surface area (Å²) in [5, 5.41) is 22.6. The van der Waals surface area contributed by atoms with Gasteiger partial charge in [0.15, 0.2) is 11.4 Å². The summed E-state index contributed by atoms with van der Waals surface area (Å²) in [6.07, 6.45) is 3.65. The highest BCUT2D eigenvalue weighted by molar-refractivity contribution is 5.38. The van der Waals surface area contributed by atoms with E-state index in [4.69, 9.17) is 5.26 Å². The number of rotatable bonds is 3. The maximum atomic E-state index is 9.22. The minimum absolute atomic E-state index is 0.162. The first-order valence-corrected chi connectivity index (χ1v) is 6.69. The van der Waals surface area contributed by atoms with Crippen LogP contribution in [0.2, 0.25) is 0 Å². The highest BCUT2D eigenvalue weighted by atomic mass is 15.3. The molecule has 0 aliphatic heterocycles. The van der Waals surface area contributed by atoms with Gasteiger partial charge in [0.2, 0.25) is 0 Å². The molecule has 2 heterocycles. The fourth-order valence-electron chi connectivity index (χ4n) is 2.30. The molecule has 0 fully saturated rings. The lowest BCUT2D eigenvalue weighted by atomic mass is 10.3. The minimum Gasteiger partial charge on any atom is -0.314 e. The van der Waals surface area contributed by atoms with Crippen LogP contribution in [0.4, 0.5) is 0 Å². The molecule has 1 aromatic carbocycles. The zero-order valence-corrected chi connectivity index (χ0v) is 11.9. The second-order valence-electron chi connectivity index (χ2n) is 4.79. The van der Waals surface area contributed by atoms with Gasteiger partial charge >= 0.3 is 0 Å². The molecule has 0 atom stereocenters. The number of benzene rings is 1. The van der Waals surface area contributed by atoms with Gasteiger partial charge in [-0.3, -0.25) is 0 Å². The molecule has 0 spiro atoms. The summed E-state index contributed by atoms with van der Waals surface area (Å²) in [6.45, 7) is 2.24. The van der Waals surface area contributed by atoms with Crippen molar-refractivity contribution in [2.45, 2.75) is 13.5 Å². The predicted molar refractivity (Wildman–Crippen MR) is 79.1 cm³/mol. The van der Waals surface area contributed by atoms with E-state index in [1.165, 1.54) is 0 Å². The number of aryl methyl sites for hydroxylation is 1. The summed E-state index contributed by atoms with van der Waals surface area (Å²) in [4.78, 5) is 4.11. The Morgan fingerprint density at radius 1 is 1.14 bits per heavy atom. The SMILES string of the molecule is Cc1nc(C#N)c(C#N)n1Cc1cnn(-c2ccccc2)c1. The first-order chi connectivity index (χ1) is 10.7. The lowest BCUT2D eigenvalue weighted by Gasteiger charge is -2.04. The van der Waals surface area contributed by atoms with E-state index in [0.717, 1.165) is 11.3 Å². The first-order valence-electron chi connectivity index (χ1n) is 6.69. The molecule has 0 N–H and O–H groups in total. The van der Waals surface area contributed by atoms with E-state index in [1.807, 2.05) is 48.7 Å². The summed E-state index contributed by atoms with van der Waals surface area (Å²) in [5.41, 5.74) is 2.35. The van der Waals surface area contributed by atoms with Crippen LogP contribution < -0.4 is 0 Å². The normalized spacial score (nSPS) is 10.1. The van der Waals surface area contributed by atoms with E-state index in [1.54, 1.807) is 22.4 Å². The largest absolute Gasteiger partial charge is 0.314 e. The molecule has 22 heavy (non-hydrogen) atoms. The number of imidazole rings is 1. The third kappa shape index (κ3) is 2.34. The van der Waals surface area contributed by atoms with Crippen molar-refractivity contribution >= 4 is 0 Å². The topological polar surface area (TPSA) is 83.2 Å². The third-order valence-electron chi connectivity index (χ3n) is 3.37. The molecule has 6 nitrogen and oxygen atoms in total. The summed E-state index contributed by atoms with van der Waals surface area (Å²) in [6, 6.07) is 13.8. The lowest BCUT2D eigenvalue weighted by molar-refractivity contribution is 0.751. The molecular weight excluding hydrogens is 276 g/mol. The summed E-state index contributed by atoms with van der Waals surface area (Å²) < 4.78 is 3.50. The number of nitriles is 2. The van der Waals surface area contributed by atoms with Crippen molar-refractivity contribution in [1.29, 1.82) is 10.5 Å². The van der Waals surface area contributed by atoms with Gasteiger partial charge in [0, 0.05) is 11.8 Å². The molecule has 0 bridgehead atoms. The summed E-state index contributed by atoms with van der Waals surface area (Å²) >= 11 is 0. The average Bonchev–Trinajstić information content (AvgIpc) is 3.14. The lowest BCUT2D eigenvalue weighted by Crippen LogP contribution is -2.04. The van der Waals surface area contributed by atoms with Crippen molar-refractivity contribution in [2.24, 2.45) is 0 Å². The molecule has 0 radical (unpaired) electrons. The highest BCUT2D eigenvalue weighted by Gasteiger charge is 2.15. The quantitative estimate of drug-likeness (QED) is 0.739. The number of aromatic nitrogens is 4. The van der Waals surface area contributed by atoms with E-state index in [2.05, 4.69) is 10.1 Å². The fraction of sp³-hybridized carbons (Fsp3) is 0.125. The smallest absolute Gasteiger partial charge is 0.177 e. The maximum Gasteiger partial charge on any atom is 0.177 e. The van der Waals surface area contributed by atoms with Crippen LogP contribution in [0.1, 0.15) is 22.8 Å². The average molecular weight is 288 g/mol. The van der Waals surface area contributed by atoms with Crippen molar-refractivity contribution in [3.05, 3.63) is 65.5 Å². The summed E-state index contributed by atoms with van der Waals surface area (Å²) in [7, 11) is 0. The van der Waals surface area contributed by atoms with Crippen LogP contribution in [0.25, 0.3) is 5.69 Å². The van der Waals surface area contributed by atoms with Crippen LogP contribution in [-0.4, -0.2) is 19.3 Å². The molecule has 2 aromatic heterocycles. The van der Waals surface area contributed by atoms with Crippen LogP contribution in [0.3, 0.4) is 0 Å². The Morgan fingerprint density at radius 2 is 1.91 bits per heavy atom. The van der Waals surface area contributed by atoms with Crippen LogP contribution >= 0.6 is 0 Å². The Balaban J connectivity index is 1.93. The first kappa shape index (κ1) is 13.6. The van der Waals surface area contributed by atoms with Crippen LogP contribution in [0.15, 0.2) is 42.7 Å². The molecular formula is C16H12N6.